The van der Waals surface area contributed by atoms with Crippen molar-refractivity contribution >= 4 is 17.7 Å². The smallest absolute Gasteiger partial charge is 0.416 e. The molecule has 3 unspecified atom stereocenters. The Morgan fingerprint density at radius 1 is 0.909 bits per heavy atom. The number of aliphatic hydroxyl groups excluding tert-OH is 2. The first kappa shape index (κ1) is 52.5. The van der Waals surface area contributed by atoms with Crippen LogP contribution >= 0.6 is 0 Å². The number of ether oxygens (including phenoxy) is 5. The highest BCUT2D eigenvalue weighted by molar-refractivity contribution is 5.89. The van der Waals surface area contributed by atoms with Gasteiger partial charge in [0.25, 0.3) is 0 Å². The van der Waals surface area contributed by atoms with E-state index in [0.29, 0.717) is 51.4 Å². The van der Waals surface area contributed by atoms with E-state index in [-0.39, 0.29) is 29.9 Å². The lowest BCUT2D eigenvalue weighted by atomic mass is 9.72. The third kappa shape index (κ3) is 10.5. The number of carbonyl (C=O) groups is 2. The summed E-state index contributed by atoms with van der Waals surface area (Å²) < 4.78 is 75.1. The molecule has 6 rings (SSSR count). The molecule has 374 valence electrons. The number of hydrogen-bond donors (Lipinski definition) is 6. The second-order valence-electron chi connectivity index (χ2n) is 20.8. The highest BCUT2D eigenvalue weighted by atomic mass is 19.4. The first-order valence-corrected chi connectivity index (χ1v) is 24.5. The summed E-state index contributed by atoms with van der Waals surface area (Å²) in [6.07, 6.45) is -0.189. The van der Waals surface area contributed by atoms with Crippen LogP contribution in [0, 0.1) is 41.4 Å². The van der Waals surface area contributed by atoms with Crippen LogP contribution in [0.5, 0.6) is 0 Å². The molecule has 0 aromatic heterocycles. The molecule has 0 radical (unpaired) electrons. The van der Waals surface area contributed by atoms with Gasteiger partial charge in [0.15, 0.2) is 11.6 Å². The molecule has 6 N–H and O–H groups in total. The van der Waals surface area contributed by atoms with E-state index in [1.165, 1.54) is 12.1 Å². The molecule has 5 heterocycles. The molecule has 0 aliphatic carbocycles. The van der Waals surface area contributed by atoms with Gasteiger partial charge in [0.05, 0.1) is 65.4 Å². The standard InChI is InChI=1S/C50H77F3N2O11/c1-11-35(44(58)59)37-18-17-27(4)42(63-37)31(8)40(56)30(7)41(57)36(12-2)43-28(5)25-29(6)48(64-43)22-19-38(55-45(60)54-34-16-14-15-33(26-34)50(51,52)53)49(66-48)24-23-46(10,65-49)39-20-21-47(61,13-3)32(9)62-39/h14-16,19,22,26-32,35-43,56-57,61H,11-13,17-18,20-21,23-25H2,1-10H3,(H,58,59)(H2,54,55,60)/t27-,28-,29+,30-,31-,32-,35+,36?,37+,38?,39+,40+,41?,42+,43-,46-,47+,48-,49-/m0/s1. The summed E-state index contributed by atoms with van der Waals surface area (Å²) in [7, 11) is 0. The summed E-state index contributed by atoms with van der Waals surface area (Å²) in [5.41, 5.74) is -2.88. The Balaban J connectivity index is 1.26. The van der Waals surface area contributed by atoms with Gasteiger partial charge in [-0.25, -0.2) is 4.79 Å². The van der Waals surface area contributed by atoms with E-state index >= 15 is 0 Å². The molecule has 13 nitrogen and oxygen atoms in total. The number of urea groups is 1. The van der Waals surface area contributed by atoms with Gasteiger partial charge in [-0.1, -0.05) is 67.5 Å². The largest absolute Gasteiger partial charge is 0.481 e. The third-order valence-electron chi connectivity index (χ3n) is 16.5. The van der Waals surface area contributed by atoms with Crippen LogP contribution in [-0.2, 0) is 34.7 Å². The summed E-state index contributed by atoms with van der Waals surface area (Å²) >= 11 is 0. The molecule has 4 saturated heterocycles. The first-order valence-electron chi connectivity index (χ1n) is 24.5. The summed E-state index contributed by atoms with van der Waals surface area (Å²) in [5, 5.41) is 50.8. The van der Waals surface area contributed by atoms with Crippen molar-refractivity contribution in [3.05, 3.63) is 42.0 Å². The minimum atomic E-state index is -4.61. The van der Waals surface area contributed by atoms with Crippen LogP contribution in [0.1, 0.15) is 139 Å². The molecule has 5 aliphatic rings. The number of benzene rings is 1. The maximum absolute atomic E-state index is 13.7. The van der Waals surface area contributed by atoms with Gasteiger partial charge in [-0.2, -0.15) is 13.2 Å². The maximum atomic E-state index is 13.7. The van der Waals surface area contributed by atoms with Gasteiger partial charge < -0.3 is 54.7 Å². The molecule has 2 spiro atoms. The third-order valence-corrected chi connectivity index (χ3v) is 16.5. The summed E-state index contributed by atoms with van der Waals surface area (Å²) in [6, 6.07) is 2.67. The Hall–Kier alpha value is -2.83. The van der Waals surface area contributed by atoms with Crippen LogP contribution in [0.4, 0.5) is 23.7 Å². The number of nitrogens with one attached hydrogen (secondary N) is 2. The quantitative estimate of drug-likeness (QED) is 0.0980. The van der Waals surface area contributed by atoms with Crippen molar-refractivity contribution < 1.29 is 66.9 Å². The van der Waals surface area contributed by atoms with Gasteiger partial charge in [-0.15, -0.1) is 0 Å². The highest BCUT2D eigenvalue weighted by Gasteiger charge is 2.63. The van der Waals surface area contributed by atoms with Crippen LogP contribution in [0.2, 0.25) is 0 Å². The maximum Gasteiger partial charge on any atom is 0.416 e. The number of carboxylic acid groups (broad SMARTS) is 1. The van der Waals surface area contributed by atoms with Crippen LogP contribution in [0.3, 0.4) is 0 Å². The normalized spacial score (nSPS) is 40.0. The first-order chi connectivity index (χ1) is 30.9. The van der Waals surface area contributed by atoms with Crippen molar-refractivity contribution in [2.75, 3.05) is 5.32 Å². The van der Waals surface area contributed by atoms with Crippen molar-refractivity contribution in [3.63, 3.8) is 0 Å². The number of aliphatic hydroxyl groups is 3. The lowest BCUT2D eigenvalue weighted by molar-refractivity contribution is -0.400. The van der Waals surface area contributed by atoms with Crippen molar-refractivity contribution in [1.82, 2.24) is 5.32 Å². The molecule has 2 amide bonds. The topological polar surface area (TPSA) is 185 Å². The molecule has 1 aromatic carbocycles. The van der Waals surface area contributed by atoms with Gasteiger partial charge in [0, 0.05) is 35.8 Å². The average Bonchev–Trinajstić information content (AvgIpc) is 3.61. The van der Waals surface area contributed by atoms with E-state index in [0.717, 1.165) is 18.6 Å². The van der Waals surface area contributed by atoms with Gasteiger partial charge in [-0.05, 0) is 108 Å². The van der Waals surface area contributed by atoms with E-state index in [1.807, 2.05) is 55.4 Å². The van der Waals surface area contributed by atoms with E-state index in [1.54, 1.807) is 12.2 Å². The lowest BCUT2D eigenvalue weighted by Gasteiger charge is -2.55. The van der Waals surface area contributed by atoms with Crippen molar-refractivity contribution in [3.8, 4) is 0 Å². The fourth-order valence-electron chi connectivity index (χ4n) is 12.0. The molecule has 1 aromatic rings. The molecular weight excluding hydrogens is 862 g/mol. The second-order valence-corrected chi connectivity index (χ2v) is 20.8. The number of rotatable bonds is 14. The monoisotopic (exact) mass is 939 g/mol. The molecule has 19 atom stereocenters. The Kier molecular flexibility index (Phi) is 16.1. The van der Waals surface area contributed by atoms with Gasteiger partial charge in [-0.3, -0.25) is 4.79 Å². The fraction of sp³-hybridized carbons (Fsp3) is 0.800. The summed E-state index contributed by atoms with van der Waals surface area (Å²) in [6.45, 7) is 19.4. The minimum absolute atomic E-state index is 0.0500. The molecule has 4 fully saturated rings. The number of aliphatic carboxylic acids is 1. The van der Waals surface area contributed by atoms with Crippen LogP contribution < -0.4 is 10.6 Å². The zero-order valence-electron chi connectivity index (χ0n) is 40.5. The molecule has 66 heavy (non-hydrogen) atoms. The van der Waals surface area contributed by atoms with Gasteiger partial charge in [0.1, 0.15) is 6.04 Å². The van der Waals surface area contributed by atoms with Gasteiger partial charge in [0.2, 0.25) is 0 Å². The zero-order chi connectivity index (χ0) is 48.7. The zero-order valence-corrected chi connectivity index (χ0v) is 40.5. The van der Waals surface area contributed by atoms with E-state index in [9.17, 15) is 43.2 Å². The predicted octanol–water partition coefficient (Wildman–Crippen LogP) is 8.83. The lowest BCUT2D eigenvalue weighted by Crippen LogP contribution is -2.66. The number of anilines is 1. The number of halogens is 3. The van der Waals surface area contributed by atoms with Crippen LogP contribution in [0.25, 0.3) is 0 Å². The number of alkyl halides is 3. The Morgan fingerprint density at radius 3 is 2.24 bits per heavy atom. The Morgan fingerprint density at radius 2 is 1.62 bits per heavy atom. The van der Waals surface area contributed by atoms with Gasteiger partial charge >= 0.3 is 18.2 Å². The Bertz CT molecular complexity index is 1870. The number of hydrogen-bond acceptors (Lipinski definition) is 10. The minimum Gasteiger partial charge on any atom is -0.481 e. The Labute approximate surface area is 388 Å². The summed E-state index contributed by atoms with van der Waals surface area (Å²) in [4.78, 5) is 25.7. The molecule has 0 saturated carbocycles. The van der Waals surface area contributed by atoms with E-state index < -0.39 is 119 Å². The SMILES string of the molecule is CCC(C(O)[C@@H](C)[C@@H](O)[C@H](C)[C@@H]1O[C@@H]([C@@H](CC)C(=O)O)CC[C@@H]1C)[C@H]1O[C@]2(C=CC(NC(=O)Nc3cccc(C(F)(F)F)c3)[C@]3(CC[C@@](C)([C@H]4CC[C@](O)(CC)[C@H](C)O4)O3)O2)[C@H](C)C[C@@H]1C. The van der Waals surface area contributed by atoms with E-state index in [2.05, 4.69) is 24.5 Å². The van der Waals surface area contributed by atoms with Crippen molar-refractivity contribution in [1.29, 1.82) is 0 Å². The highest BCUT2D eigenvalue weighted by Crippen LogP contribution is 2.54. The number of carbonyl (C=O) groups excluding carboxylic acids is 1. The molecular formula is C50H77F3N2O11. The number of carboxylic acids is 1. The van der Waals surface area contributed by atoms with E-state index in [4.69, 9.17) is 23.7 Å². The predicted molar refractivity (Wildman–Crippen MR) is 241 cm³/mol. The van der Waals surface area contributed by atoms with Crippen LogP contribution in [-0.4, -0.2) is 104 Å². The second kappa shape index (κ2) is 20.3. The average molecular weight is 939 g/mol. The molecule has 5 aliphatic heterocycles. The summed E-state index contributed by atoms with van der Waals surface area (Å²) in [5.74, 6) is -6.18. The molecule has 16 heteroatoms. The van der Waals surface area contributed by atoms with Crippen LogP contribution in [0.15, 0.2) is 36.4 Å². The number of amides is 2. The van der Waals surface area contributed by atoms with Crippen molar-refractivity contribution in [2.24, 2.45) is 41.4 Å². The fourth-order valence-corrected chi connectivity index (χ4v) is 12.0. The van der Waals surface area contributed by atoms with Crippen molar-refractivity contribution in [2.45, 2.75) is 211 Å². The molecule has 0 bridgehead atoms.